The summed E-state index contributed by atoms with van der Waals surface area (Å²) in [4.78, 5) is 11.7. The maximum atomic E-state index is 11.7. The number of benzene rings is 1. The summed E-state index contributed by atoms with van der Waals surface area (Å²) >= 11 is 0. The highest BCUT2D eigenvalue weighted by Crippen LogP contribution is 2.30. The molecule has 2 rings (SSSR count). The van der Waals surface area contributed by atoms with E-state index in [9.17, 15) is 4.79 Å². The minimum atomic E-state index is -0.328. The fraction of sp³-hybridized carbons (Fsp3) is 0.429. The van der Waals surface area contributed by atoms with E-state index in [0.717, 1.165) is 11.3 Å². The summed E-state index contributed by atoms with van der Waals surface area (Å²) in [5.41, 5.74) is 1.58. The lowest BCUT2D eigenvalue weighted by Crippen LogP contribution is -2.16. The lowest BCUT2D eigenvalue weighted by Gasteiger charge is -2.19. The van der Waals surface area contributed by atoms with Gasteiger partial charge in [0, 0.05) is 13.5 Å². The third-order valence-electron chi connectivity index (χ3n) is 3.13. The highest BCUT2D eigenvalue weighted by Gasteiger charge is 2.29. The fourth-order valence-corrected chi connectivity index (χ4v) is 2.11. The van der Waals surface area contributed by atoms with Crippen LogP contribution in [-0.4, -0.2) is 37.5 Å². The van der Waals surface area contributed by atoms with Gasteiger partial charge in [-0.3, -0.25) is 5.01 Å². The van der Waals surface area contributed by atoms with E-state index in [-0.39, 0.29) is 12.0 Å². The van der Waals surface area contributed by atoms with Crippen LogP contribution in [0.4, 0.5) is 0 Å². The number of hydrogen-bond donors (Lipinski definition) is 0. The first kappa shape index (κ1) is 13.4. The number of esters is 1. The molecule has 1 atom stereocenters. The molecule has 1 aliphatic heterocycles. The zero-order chi connectivity index (χ0) is 13.8. The van der Waals surface area contributed by atoms with Crippen molar-refractivity contribution >= 4 is 11.7 Å². The predicted molar refractivity (Wildman–Crippen MR) is 72.2 cm³/mol. The van der Waals surface area contributed by atoms with Crippen molar-refractivity contribution in [2.75, 3.05) is 20.8 Å². The third-order valence-corrected chi connectivity index (χ3v) is 3.13. The molecule has 5 nitrogen and oxygen atoms in total. The monoisotopic (exact) mass is 262 g/mol. The first-order chi connectivity index (χ1) is 9.15. The van der Waals surface area contributed by atoms with Crippen LogP contribution in [0.5, 0.6) is 5.75 Å². The average molecular weight is 262 g/mol. The van der Waals surface area contributed by atoms with Gasteiger partial charge in [0.2, 0.25) is 0 Å². The van der Waals surface area contributed by atoms with Gasteiger partial charge in [-0.25, -0.2) is 4.79 Å². The van der Waals surface area contributed by atoms with E-state index in [4.69, 9.17) is 9.47 Å². The Morgan fingerprint density at radius 3 is 2.68 bits per heavy atom. The molecule has 1 aromatic carbocycles. The standard InChI is InChI=1S/C14H18N2O3/c1-4-19-14(17)12-9-13(16(2)15-12)10-5-7-11(18-3)8-6-10/h5-8,13H,4,9H2,1-3H3. The summed E-state index contributed by atoms with van der Waals surface area (Å²) in [6.45, 7) is 2.16. The van der Waals surface area contributed by atoms with Crippen LogP contribution < -0.4 is 4.74 Å². The molecule has 0 aliphatic carbocycles. The summed E-state index contributed by atoms with van der Waals surface area (Å²) in [6.07, 6.45) is 0.571. The van der Waals surface area contributed by atoms with Gasteiger partial charge in [-0.1, -0.05) is 12.1 Å². The molecule has 19 heavy (non-hydrogen) atoms. The number of rotatable bonds is 4. The Morgan fingerprint density at radius 1 is 1.42 bits per heavy atom. The van der Waals surface area contributed by atoms with E-state index < -0.39 is 0 Å². The Kier molecular flexibility index (Phi) is 4.04. The third kappa shape index (κ3) is 2.86. The average Bonchev–Trinajstić information content (AvgIpc) is 2.81. The predicted octanol–water partition coefficient (Wildman–Crippen LogP) is 1.99. The Labute approximate surface area is 112 Å². The van der Waals surface area contributed by atoms with E-state index in [1.165, 1.54) is 0 Å². The molecule has 0 spiro atoms. The molecule has 0 aromatic heterocycles. The Bertz CT molecular complexity index is 482. The van der Waals surface area contributed by atoms with Crippen molar-refractivity contribution in [2.24, 2.45) is 5.10 Å². The quantitative estimate of drug-likeness (QED) is 0.779. The van der Waals surface area contributed by atoms with Crippen molar-refractivity contribution in [1.82, 2.24) is 5.01 Å². The first-order valence-corrected chi connectivity index (χ1v) is 6.27. The highest BCUT2D eigenvalue weighted by atomic mass is 16.5. The molecule has 0 N–H and O–H groups in total. The molecule has 0 saturated heterocycles. The van der Waals surface area contributed by atoms with Gasteiger partial charge < -0.3 is 9.47 Å². The van der Waals surface area contributed by atoms with Crippen LogP contribution >= 0.6 is 0 Å². The molecule has 0 fully saturated rings. The lowest BCUT2D eigenvalue weighted by molar-refractivity contribution is -0.135. The molecular formula is C14H18N2O3. The van der Waals surface area contributed by atoms with Gasteiger partial charge in [-0.2, -0.15) is 5.10 Å². The van der Waals surface area contributed by atoms with Gasteiger partial charge in [-0.15, -0.1) is 0 Å². The van der Waals surface area contributed by atoms with Gasteiger partial charge in [0.25, 0.3) is 0 Å². The van der Waals surface area contributed by atoms with Crippen molar-refractivity contribution in [2.45, 2.75) is 19.4 Å². The van der Waals surface area contributed by atoms with E-state index in [1.54, 1.807) is 19.0 Å². The van der Waals surface area contributed by atoms with Gasteiger partial charge >= 0.3 is 5.97 Å². The molecule has 1 aliphatic rings. The number of nitrogens with zero attached hydrogens (tertiary/aromatic N) is 2. The molecule has 1 unspecified atom stereocenters. The number of hydrazone groups is 1. The zero-order valence-corrected chi connectivity index (χ0v) is 11.4. The van der Waals surface area contributed by atoms with Crippen LogP contribution in [0.2, 0.25) is 0 Å². The minimum absolute atomic E-state index is 0.0744. The second-order valence-electron chi connectivity index (χ2n) is 4.33. The number of hydrogen-bond acceptors (Lipinski definition) is 5. The van der Waals surface area contributed by atoms with Crippen LogP contribution in [0.1, 0.15) is 24.9 Å². The maximum Gasteiger partial charge on any atom is 0.354 e. The molecule has 0 bridgehead atoms. The topological polar surface area (TPSA) is 51.1 Å². The molecule has 0 radical (unpaired) electrons. The molecule has 1 heterocycles. The van der Waals surface area contributed by atoms with Crippen molar-refractivity contribution < 1.29 is 14.3 Å². The van der Waals surface area contributed by atoms with Gasteiger partial charge in [0.1, 0.15) is 11.5 Å². The van der Waals surface area contributed by atoms with Gasteiger partial charge in [0.05, 0.1) is 19.8 Å². The largest absolute Gasteiger partial charge is 0.497 e. The molecule has 5 heteroatoms. The Balaban J connectivity index is 2.09. The summed E-state index contributed by atoms with van der Waals surface area (Å²) in [6, 6.07) is 7.87. The second-order valence-corrected chi connectivity index (χ2v) is 4.33. The SMILES string of the molecule is CCOC(=O)C1=NN(C)C(c2ccc(OC)cc2)C1. The normalized spacial score (nSPS) is 18.2. The first-order valence-electron chi connectivity index (χ1n) is 6.27. The molecule has 1 aromatic rings. The lowest BCUT2D eigenvalue weighted by atomic mass is 10.0. The summed E-state index contributed by atoms with van der Waals surface area (Å²) in [5.74, 6) is 0.487. The van der Waals surface area contributed by atoms with Crippen molar-refractivity contribution in [3.05, 3.63) is 29.8 Å². The van der Waals surface area contributed by atoms with E-state index in [2.05, 4.69) is 5.10 Å². The number of methoxy groups -OCH3 is 1. The van der Waals surface area contributed by atoms with E-state index >= 15 is 0 Å². The van der Waals surface area contributed by atoms with Crippen LogP contribution in [0.25, 0.3) is 0 Å². The summed E-state index contributed by atoms with van der Waals surface area (Å²) in [7, 11) is 3.50. The molecule has 102 valence electrons. The van der Waals surface area contributed by atoms with Crippen LogP contribution in [0, 0.1) is 0 Å². The van der Waals surface area contributed by atoms with Crippen molar-refractivity contribution in [3.8, 4) is 5.75 Å². The van der Waals surface area contributed by atoms with Crippen LogP contribution in [0.3, 0.4) is 0 Å². The Hall–Kier alpha value is -2.04. The number of carbonyl (C=O) groups is 1. The van der Waals surface area contributed by atoms with Crippen molar-refractivity contribution in [1.29, 1.82) is 0 Å². The van der Waals surface area contributed by atoms with Crippen molar-refractivity contribution in [3.63, 3.8) is 0 Å². The van der Waals surface area contributed by atoms with Crippen LogP contribution in [-0.2, 0) is 9.53 Å². The van der Waals surface area contributed by atoms with Crippen LogP contribution in [0.15, 0.2) is 29.4 Å². The fourth-order valence-electron chi connectivity index (χ4n) is 2.11. The molecular weight excluding hydrogens is 244 g/mol. The summed E-state index contributed by atoms with van der Waals surface area (Å²) < 4.78 is 10.1. The molecule has 0 amide bonds. The smallest absolute Gasteiger partial charge is 0.354 e. The van der Waals surface area contributed by atoms with Gasteiger partial charge in [-0.05, 0) is 24.6 Å². The zero-order valence-electron chi connectivity index (χ0n) is 11.4. The summed E-state index contributed by atoms with van der Waals surface area (Å²) in [5, 5.41) is 6.05. The number of ether oxygens (including phenoxy) is 2. The highest BCUT2D eigenvalue weighted by molar-refractivity contribution is 6.36. The van der Waals surface area contributed by atoms with E-state index in [1.807, 2.05) is 31.3 Å². The van der Waals surface area contributed by atoms with E-state index in [0.29, 0.717) is 18.7 Å². The number of carbonyl (C=O) groups excluding carboxylic acids is 1. The molecule has 0 saturated carbocycles. The Morgan fingerprint density at radius 2 is 2.11 bits per heavy atom. The van der Waals surface area contributed by atoms with Gasteiger partial charge in [0.15, 0.2) is 0 Å². The minimum Gasteiger partial charge on any atom is -0.497 e. The second kappa shape index (κ2) is 5.73. The maximum absolute atomic E-state index is 11.7.